The fourth-order valence-electron chi connectivity index (χ4n) is 5.72. The van der Waals surface area contributed by atoms with E-state index < -0.39 is 17.7 Å². The first-order valence-corrected chi connectivity index (χ1v) is 11.6. The molecule has 33 heavy (non-hydrogen) atoms. The standard InChI is InChI=1S/C26H30F2N2O3/c1-26(2)13-16-10-20(18-5-4-17(32-3)11-21(18)27)22(28)12-19(16)24(26)29-25(31)33-23-14-30-8-6-15(23)7-9-30/h4-5,10-12,15,23-24H,6-9,13-14H2,1-3H3,(H,29,31)/t23-,24-/m0/s1. The average molecular weight is 457 g/mol. The van der Waals surface area contributed by atoms with Gasteiger partial charge in [-0.15, -0.1) is 0 Å². The number of ether oxygens (including phenoxy) is 2. The maximum Gasteiger partial charge on any atom is 0.407 e. The van der Waals surface area contributed by atoms with Crippen LogP contribution in [-0.2, 0) is 11.2 Å². The van der Waals surface area contributed by atoms with E-state index in [4.69, 9.17) is 9.47 Å². The van der Waals surface area contributed by atoms with Crippen LogP contribution in [0, 0.1) is 23.0 Å². The van der Waals surface area contributed by atoms with Crippen molar-refractivity contribution < 1.29 is 23.0 Å². The van der Waals surface area contributed by atoms with Crippen LogP contribution in [0.5, 0.6) is 5.75 Å². The molecular formula is C26H30F2N2O3. The van der Waals surface area contributed by atoms with Gasteiger partial charge in [0.1, 0.15) is 23.5 Å². The molecule has 6 rings (SSSR count). The summed E-state index contributed by atoms with van der Waals surface area (Å²) in [5.41, 5.74) is 1.69. The molecule has 3 aliphatic heterocycles. The fraction of sp³-hybridized carbons (Fsp3) is 0.500. The molecule has 176 valence electrons. The van der Waals surface area contributed by atoms with Gasteiger partial charge in [0.05, 0.1) is 13.2 Å². The summed E-state index contributed by atoms with van der Waals surface area (Å²) in [4.78, 5) is 15.1. The zero-order valence-electron chi connectivity index (χ0n) is 19.3. The van der Waals surface area contributed by atoms with E-state index in [0.29, 0.717) is 18.1 Å². The molecule has 2 aromatic carbocycles. The number of hydrogen-bond acceptors (Lipinski definition) is 4. The third-order valence-electron chi connectivity index (χ3n) is 7.55. The van der Waals surface area contributed by atoms with Crippen molar-refractivity contribution in [3.05, 3.63) is 53.1 Å². The lowest BCUT2D eigenvalue weighted by atomic mass is 9.85. The van der Waals surface area contributed by atoms with Gasteiger partial charge in [-0.1, -0.05) is 13.8 Å². The number of hydrogen-bond donors (Lipinski definition) is 1. The molecule has 0 radical (unpaired) electrons. The molecule has 5 nitrogen and oxygen atoms in total. The summed E-state index contributed by atoms with van der Waals surface area (Å²) in [6, 6.07) is 7.15. The van der Waals surface area contributed by atoms with Gasteiger partial charge in [0.2, 0.25) is 0 Å². The summed E-state index contributed by atoms with van der Waals surface area (Å²) in [7, 11) is 1.46. The molecule has 2 atom stereocenters. The Labute approximate surface area is 193 Å². The Bertz CT molecular complexity index is 1080. The van der Waals surface area contributed by atoms with Crippen molar-refractivity contribution in [2.75, 3.05) is 26.7 Å². The molecule has 3 fully saturated rings. The zero-order valence-corrected chi connectivity index (χ0v) is 19.3. The number of amides is 1. The van der Waals surface area contributed by atoms with Crippen LogP contribution in [0.4, 0.5) is 13.6 Å². The number of nitrogens with zero attached hydrogens (tertiary/aromatic N) is 1. The first kappa shape index (κ1) is 22.1. The number of nitrogens with one attached hydrogen (secondary N) is 1. The molecule has 2 bridgehead atoms. The number of fused-ring (bicyclic) bond motifs is 4. The second-order valence-corrected chi connectivity index (χ2v) is 10.2. The zero-order chi connectivity index (χ0) is 23.3. The number of benzene rings is 2. The predicted octanol–water partition coefficient (Wildman–Crippen LogP) is 5.08. The lowest BCUT2D eigenvalue weighted by Gasteiger charge is -2.44. The van der Waals surface area contributed by atoms with Crippen LogP contribution in [0.2, 0.25) is 0 Å². The Morgan fingerprint density at radius 2 is 1.82 bits per heavy atom. The Morgan fingerprint density at radius 1 is 1.09 bits per heavy atom. The smallest absolute Gasteiger partial charge is 0.407 e. The normalized spacial score (nSPS) is 27.2. The highest BCUT2D eigenvalue weighted by atomic mass is 19.1. The van der Waals surface area contributed by atoms with Crippen LogP contribution < -0.4 is 10.1 Å². The number of methoxy groups -OCH3 is 1. The van der Waals surface area contributed by atoms with E-state index >= 15 is 4.39 Å². The number of alkyl carbamates (subject to hydrolysis) is 1. The molecule has 1 amide bonds. The van der Waals surface area contributed by atoms with E-state index in [-0.39, 0.29) is 28.7 Å². The van der Waals surface area contributed by atoms with E-state index in [2.05, 4.69) is 10.2 Å². The largest absolute Gasteiger partial charge is 0.497 e. The molecule has 4 aliphatic rings. The van der Waals surface area contributed by atoms with E-state index in [1.54, 1.807) is 12.1 Å². The second kappa shape index (κ2) is 8.28. The minimum absolute atomic E-state index is 0.0892. The minimum atomic E-state index is -0.541. The molecule has 1 aliphatic carbocycles. The number of piperidine rings is 3. The van der Waals surface area contributed by atoms with Crippen molar-refractivity contribution in [1.82, 2.24) is 10.2 Å². The van der Waals surface area contributed by atoms with Gasteiger partial charge in [-0.25, -0.2) is 13.6 Å². The van der Waals surface area contributed by atoms with Gasteiger partial charge in [0.15, 0.2) is 0 Å². The average Bonchev–Trinajstić information content (AvgIpc) is 3.03. The lowest BCUT2D eigenvalue weighted by Crippen LogP contribution is -2.53. The van der Waals surface area contributed by atoms with Crippen molar-refractivity contribution >= 4 is 6.09 Å². The Hall–Kier alpha value is -2.67. The molecule has 0 unspecified atom stereocenters. The molecule has 3 saturated heterocycles. The molecule has 0 aromatic heterocycles. The highest BCUT2D eigenvalue weighted by molar-refractivity contribution is 5.71. The maximum atomic E-state index is 15.2. The van der Waals surface area contributed by atoms with Gasteiger partial charge in [0, 0.05) is 23.7 Å². The van der Waals surface area contributed by atoms with Gasteiger partial charge in [-0.3, -0.25) is 4.90 Å². The third kappa shape index (κ3) is 4.07. The topological polar surface area (TPSA) is 50.8 Å². The number of carbonyl (C=O) groups is 1. The van der Waals surface area contributed by atoms with Crippen LogP contribution in [0.15, 0.2) is 30.3 Å². The third-order valence-corrected chi connectivity index (χ3v) is 7.55. The minimum Gasteiger partial charge on any atom is -0.497 e. The number of halogens is 2. The number of rotatable bonds is 4. The summed E-state index contributed by atoms with van der Waals surface area (Å²) in [6.45, 7) is 7.01. The van der Waals surface area contributed by atoms with Gasteiger partial charge in [-0.2, -0.15) is 0 Å². The van der Waals surface area contributed by atoms with Crippen molar-refractivity contribution in [3.8, 4) is 16.9 Å². The van der Waals surface area contributed by atoms with Crippen LogP contribution in [0.3, 0.4) is 0 Å². The van der Waals surface area contributed by atoms with Crippen LogP contribution in [0.25, 0.3) is 11.1 Å². The molecule has 3 heterocycles. The van der Waals surface area contributed by atoms with Gasteiger partial charge in [-0.05, 0) is 79.1 Å². The summed E-state index contributed by atoms with van der Waals surface area (Å²) in [6.07, 6.45) is 2.22. The van der Waals surface area contributed by atoms with Crippen molar-refractivity contribution in [3.63, 3.8) is 0 Å². The van der Waals surface area contributed by atoms with Crippen molar-refractivity contribution in [1.29, 1.82) is 0 Å². The van der Waals surface area contributed by atoms with Gasteiger partial charge >= 0.3 is 6.09 Å². The lowest BCUT2D eigenvalue weighted by molar-refractivity contribution is -0.0349. The Kier molecular flexibility index (Phi) is 5.55. The van der Waals surface area contributed by atoms with Gasteiger partial charge in [0.25, 0.3) is 0 Å². The molecule has 0 spiro atoms. The molecule has 0 saturated carbocycles. The van der Waals surface area contributed by atoms with Crippen molar-refractivity contribution in [2.24, 2.45) is 11.3 Å². The summed E-state index contributed by atoms with van der Waals surface area (Å²) in [5.74, 6) is -0.261. The van der Waals surface area contributed by atoms with Crippen LogP contribution in [0.1, 0.15) is 43.9 Å². The van der Waals surface area contributed by atoms with E-state index in [1.807, 2.05) is 13.8 Å². The fourth-order valence-corrected chi connectivity index (χ4v) is 5.72. The first-order chi connectivity index (χ1) is 15.7. The van der Waals surface area contributed by atoms with E-state index in [1.165, 1.54) is 25.3 Å². The highest BCUT2D eigenvalue weighted by Crippen LogP contribution is 2.47. The van der Waals surface area contributed by atoms with Crippen LogP contribution >= 0.6 is 0 Å². The molecule has 1 N–H and O–H groups in total. The predicted molar refractivity (Wildman–Crippen MR) is 121 cm³/mol. The summed E-state index contributed by atoms with van der Waals surface area (Å²) < 4.78 is 40.7. The van der Waals surface area contributed by atoms with Crippen molar-refractivity contribution in [2.45, 2.75) is 45.3 Å². The van der Waals surface area contributed by atoms with Gasteiger partial charge < -0.3 is 14.8 Å². The SMILES string of the molecule is COc1ccc(-c2cc3c(cc2F)[C@H](NC(=O)O[C@H]2CN4CCC2CC4)C(C)(C)C3)c(F)c1. The molecular weight excluding hydrogens is 426 g/mol. The highest BCUT2D eigenvalue weighted by Gasteiger charge is 2.42. The molecule has 2 aromatic rings. The van der Waals surface area contributed by atoms with E-state index in [9.17, 15) is 9.18 Å². The Morgan fingerprint density at radius 3 is 2.45 bits per heavy atom. The summed E-state index contributed by atoms with van der Waals surface area (Å²) in [5, 5.41) is 3.01. The summed E-state index contributed by atoms with van der Waals surface area (Å²) >= 11 is 0. The molecule has 7 heteroatoms. The van der Waals surface area contributed by atoms with Crippen LogP contribution in [-0.4, -0.2) is 43.8 Å². The monoisotopic (exact) mass is 456 g/mol. The maximum absolute atomic E-state index is 15.2. The quantitative estimate of drug-likeness (QED) is 0.697. The second-order valence-electron chi connectivity index (χ2n) is 10.2. The first-order valence-electron chi connectivity index (χ1n) is 11.6. The Balaban J connectivity index is 1.38. The number of carbonyl (C=O) groups excluding carboxylic acids is 1. The van der Waals surface area contributed by atoms with E-state index in [0.717, 1.165) is 43.6 Å².